The third-order valence-corrected chi connectivity index (χ3v) is 4.62. The van der Waals surface area contributed by atoms with Crippen LogP contribution in [0.5, 0.6) is 0 Å². The highest BCUT2D eigenvalue weighted by atomic mass is 32.2. The van der Waals surface area contributed by atoms with E-state index in [9.17, 15) is 18.0 Å². The van der Waals surface area contributed by atoms with Crippen molar-refractivity contribution >= 4 is 33.6 Å². The van der Waals surface area contributed by atoms with Crippen molar-refractivity contribution in [1.29, 1.82) is 5.41 Å². The number of amidine groups is 1. The Hall–Kier alpha value is -3.31. The van der Waals surface area contributed by atoms with Crippen LogP contribution in [-0.4, -0.2) is 49.8 Å². The number of carbonyl (C=O) groups is 2. The van der Waals surface area contributed by atoms with Crippen molar-refractivity contribution < 1.29 is 26.9 Å². The Bertz CT molecular complexity index is 1040. The molecule has 2 amide bonds. The second kappa shape index (κ2) is 7.97. The van der Waals surface area contributed by atoms with E-state index in [1.54, 1.807) is 43.3 Å². The van der Waals surface area contributed by atoms with Crippen LogP contribution in [-0.2, 0) is 19.0 Å². The van der Waals surface area contributed by atoms with Gasteiger partial charge in [-0.15, -0.1) is 0 Å². The van der Waals surface area contributed by atoms with Crippen LogP contribution in [0.4, 0.5) is 10.5 Å². The fourth-order valence-electron chi connectivity index (χ4n) is 2.70. The molecular formula is C18H18N4O6S. The summed E-state index contributed by atoms with van der Waals surface area (Å²) in [6.45, 7) is 1.59. The minimum absolute atomic E-state index is 0.124. The minimum atomic E-state index is -3.80. The van der Waals surface area contributed by atoms with Gasteiger partial charge in [-0.05, 0) is 43.3 Å². The molecule has 1 aromatic carbocycles. The number of hydrogen-bond donors (Lipinski definition) is 2. The molecule has 1 aliphatic rings. The zero-order chi connectivity index (χ0) is 21.2. The molecule has 0 aliphatic carbocycles. The van der Waals surface area contributed by atoms with Crippen LogP contribution in [0.1, 0.15) is 22.8 Å². The molecule has 2 heterocycles. The normalized spacial score (nSPS) is 19.0. The largest absolute Gasteiger partial charge is 0.417 e. The number of ether oxygens (including phenoxy) is 1. The Morgan fingerprint density at radius 2 is 1.93 bits per heavy atom. The van der Waals surface area contributed by atoms with Gasteiger partial charge in [0.2, 0.25) is 6.29 Å². The van der Waals surface area contributed by atoms with E-state index in [-0.39, 0.29) is 5.84 Å². The van der Waals surface area contributed by atoms with Crippen molar-refractivity contribution in [2.24, 2.45) is 0 Å². The number of anilines is 1. The van der Waals surface area contributed by atoms with Crippen LogP contribution in [0.2, 0.25) is 0 Å². The van der Waals surface area contributed by atoms with E-state index in [1.807, 2.05) is 0 Å². The van der Waals surface area contributed by atoms with Crippen LogP contribution in [0.15, 0.2) is 48.8 Å². The van der Waals surface area contributed by atoms with E-state index in [0.717, 1.165) is 6.26 Å². The number of nitrogens with one attached hydrogen (secondary N) is 2. The highest BCUT2D eigenvalue weighted by molar-refractivity contribution is 7.86. The smallest absolute Gasteiger partial charge is 0.416 e. The number of cyclic esters (lactones) is 1. The van der Waals surface area contributed by atoms with Gasteiger partial charge in [-0.2, -0.15) is 8.42 Å². The van der Waals surface area contributed by atoms with Gasteiger partial charge in [0.15, 0.2) is 0 Å². The quantitative estimate of drug-likeness (QED) is 0.426. The van der Waals surface area contributed by atoms with E-state index < -0.39 is 34.5 Å². The molecule has 152 valence electrons. The van der Waals surface area contributed by atoms with Crippen LogP contribution >= 0.6 is 0 Å². The summed E-state index contributed by atoms with van der Waals surface area (Å²) < 4.78 is 32.4. The molecule has 3 rings (SSSR count). The van der Waals surface area contributed by atoms with Crippen molar-refractivity contribution in [3.8, 4) is 0 Å². The molecule has 2 atom stereocenters. The number of rotatable bonds is 5. The molecule has 1 saturated heterocycles. The highest BCUT2D eigenvalue weighted by Crippen LogP contribution is 2.28. The van der Waals surface area contributed by atoms with Crippen LogP contribution in [0.25, 0.3) is 0 Å². The first kappa shape index (κ1) is 20.4. The third kappa shape index (κ3) is 4.76. The summed E-state index contributed by atoms with van der Waals surface area (Å²) in [6.07, 6.45) is 1.79. The second-order valence-corrected chi connectivity index (χ2v) is 7.88. The maximum atomic E-state index is 12.1. The first-order valence-corrected chi connectivity index (χ1v) is 10.3. The Balaban J connectivity index is 1.70. The first-order chi connectivity index (χ1) is 13.7. The molecule has 0 spiro atoms. The zero-order valence-electron chi connectivity index (χ0n) is 15.5. The molecule has 1 aromatic heterocycles. The van der Waals surface area contributed by atoms with Crippen LogP contribution in [0.3, 0.4) is 0 Å². The van der Waals surface area contributed by atoms with Gasteiger partial charge < -0.3 is 10.1 Å². The van der Waals surface area contributed by atoms with Crippen molar-refractivity contribution in [2.75, 3.05) is 11.2 Å². The van der Waals surface area contributed by atoms with Gasteiger partial charge in [0.1, 0.15) is 11.9 Å². The summed E-state index contributed by atoms with van der Waals surface area (Å²) in [7, 11) is -3.80. The van der Waals surface area contributed by atoms with E-state index in [0.29, 0.717) is 16.8 Å². The number of nitrogens with zero attached hydrogens (tertiary/aromatic N) is 2. The lowest BCUT2D eigenvalue weighted by Crippen LogP contribution is -2.36. The molecule has 10 nitrogen and oxygen atoms in total. The van der Waals surface area contributed by atoms with Gasteiger partial charge in [0, 0.05) is 23.6 Å². The summed E-state index contributed by atoms with van der Waals surface area (Å²) in [5.74, 6) is -0.592. The lowest BCUT2D eigenvalue weighted by Gasteiger charge is -2.20. The minimum Gasteiger partial charge on any atom is -0.416 e. The molecule has 0 bridgehead atoms. The van der Waals surface area contributed by atoms with Crippen molar-refractivity contribution in [2.45, 2.75) is 19.3 Å². The molecule has 1 fully saturated rings. The molecule has 2 aromatic rings. The van der Waals surface area contributed by atoms with E-state index in [2.05, 4.69) is 10.3 Å². The van der Waals surface area contributed by atoms with Gasteiger partial charge in [0.05, 0.1) is 11.8 Å². The topological polar surface area (TPSA) is 139 Å². The Labute approximate surface area is 167 Å². The summed E-state index contributed by atoms with van der Waals surface area (Å²) in [6, 6.07) is 8.71. The average molecular weight is 418 g/mol. The zero-order valence-corrected chi connectivity index (χ0v) is 16.3. The van der Waals surface area contributed by atoms with Gasteiger partial charge >= 0.3 is 6.09 Å². The number of aromatic nitrogens is 1. The average Bonchev–Trinajstić information content (AvgIpc) is 2.94. The number of pyridine rings is 1. The number of benzene rings is 1. The van der Waals surface area contributed by atoms with Crippen molar-refractivity contribution in [3.63, 3.8) is 0 Å². The molecular weight excluding hydrogens is 400 g/mol. The summed E-state index contributed by atoms with van der Waals surface area (Å²) >= 11 is 0. The predicted molar refractivity (Wildman–Crippen MR) is 103 cm³/mol. The third-order valence-electron chi connectivity index (χ3n) is 4.08. The summed E-state index contributed by atoms with van der Waals surface area (Å²) in [5.41, 5.74) is 1.16. The molecule has 29 heavy (non-hydrogen) atoms. The van der Waals surface area contributed by atoms with Crippen LogP contribution < -0.4 is 10.2 Å². The van der Waals surface area contributed by atoms with Gasteiger partial charge in [-0.25, -0.2) is 8.98 Å². The second-order valence-electron chi connectivity index (χ2n) is 6.28. The fraction of sp³-hybridized carbons (Fsp3) is 0.222. The lowest BCUT2D eigenvalue weighted by atomic mass is 10.1. The van der Waals surface area contributed by atoms with E-state index in [4.69, 9.17) is 14.3 Å². The molecule has 0 saturated carbocycles. The first-order valence-electron chi connectivity index (χ1n) is 8.44. The lowest BCUT2D eigenvalue weighted by molar-refractivity contribution is -0.00472. The molecule has 1 aliphatic heterocycles. The molecule has 2 unspecified atom stereocenters. The fourth-order valence-corrected chi connectivity index (χ4v) is 3.24. The van der Waals surface area contributed by atoms with E-state index >= 15 is 0 Å². The maximum absolute atomic E-state index is 12.1. The molecule has 2 N–H and O–H groups in total. The molecule has 0 radical (unpaired) electrons. The van der Waals surface area contributed by atoms with Crippen molar-refractivity contribution in [3.05, 3.63) is 59.9 Å². The van der Waals surface area contributed by atoms with Gasteiger partial charge in [-0.3, -0.25) is 20.1 Å². The summed E-state index contributed by atoms with van der Waals surface area (Å²) in [4.78, 5) is 29.3. The monoisotopic (exact) mass is 418 g/mol. The van der Waals surface area contributed by atoms with Gasteiger partial charge in [0.25, 0.3) is 16.0 Å². The Morgan fingerprint density at radius 3 is 2.52 bits per heavy atom. The predicted octanol–water partition coefficient (Wildman–Crippen LogP) is 1.48. The number of amides is 2. The van der Waals surface area contributed by atoms with Crippen molar-refractivity contribution in [1.82, 2.24) is 10.3 Å². The number of hydrogen-bond acceptors (Lipinski definition) is 8. The van der Waals surface area contributed by atoms with Crippen LogP contribution in [0, 0.1) is 5.41 Å². The maximum Gasteiger partial charge on any atom is 0.417 e. The Kier molecular flexibility index (Phi) is 5.62. The number of carbonyl (C=O) groups excluding carboxylic acids is 2. The summed E-state index contributed by atoms with van der Waals surface area (Å²) in [5, 5.41) is 10.5. The standard InChI is InChI=1S/C18H18N4O6S/c1-11-17(28-29(2,25)26)27-18(24)22(11)14-7-5-12(6-8-14)15(19)21-16(23)13-4-3-9-20-10-13/h3-11,17H,1-2H3,(H2,19,21,23). The van der Waals surface area contributed by atoms with Gasteiger partial charge in [-0.1, -0.05) is 0 Å². The highest BCUT2D eigenvalue weighted by Gasteiger charge is 2.42. The molecule has 11 heteroatoms. The SMILES string of the molecule is CC1C(OS(C)(=O)=O)OC(=O)N1c1ccc(C(=N)NC(=O)c2cccnc2)cc1. The van der Waals surface area contributed by atoms with E-state index in [1.165, 1.54) is 17.3 Å². The Morgan fingerprint density at radius 1 is 1.24 bits per heavy atom.